The second-order valence-electron chi connectivity index (χ2n) is 3.10. The zero-order valence-electron chi connectivity index (χ0n) is 7.83. The van der Waals surface area contributed by atoms with Crippen molar-refractivity contribution in [2.24, 2.45) is 0 Å². The summed E-state index contributed by atoms with van der Waals surface area (Å²) < 4.78 is 10.3. The summed E-state index contributed by atoms with van der Waals surface area (Å²) >= 11 is 0. The van der Waals surface area contributed by atoms with Gasteiger partial charge in [-0.1, -0.05) is 5.16 Å². The molecule has 0 amide bonds. The van der Waals surface area contributed by atoms with Crippen molar-refractivity contribution in [1.29, 1.82) is 0 Å². The molecule has 1 aromatic heterocycles. The van der Waals surface area contributed by atoms with Crippen molar-refractivity contribution in [3.8, 4) is 0 Å². The van der Waals surface area contributed by atoms with E-state index in [2.05, 4.69) is 5.16 Å². The van der Waals surface area contributed by atoms with E-state index in [9.17, 15) is 0 Å². The lowest BCUT2D eigenvalue weighted by Crippen LogP contribution is -2.05. The van der Waals surface area contributed by atoms with E-state index in [0.29, 0.717) is 6.61 Å². The fraction of sp³-hybridized carbons (Fsp3) is 0.667. The van der Waals surface area contributed by atoms with Crippen LogP contribution in [0.1, 0.15) is 25.3 Å². The molecule has 0 bridgehead atoms. The maximum absolute atomic E-state index is 5.37. The van der Waals surface area contributed by atoms with E-state index in [0.717, 1.165) is 17.9 Å². The number of nitrogens with zero attached hydrogens (tertiary/aromatic N) is 1. The van der Waals surface area contributed by atoms with Gasteiger partial charge in [-0.2, -0.15) is 0 Å². The minimum absolute atomic E-state index is 0.290. The third kappa shape index (κ3) is 3.05. The number of aryl methyl sites for hydroxylation is 1. The van der Waals surface area contributed by atoms with Gasteiger partial charge in [0.05, 0.1) is 18.4 Å². The number of rotatable bonds is 4. The topological polar surface area (TPSA) is 35.3 Å². The predicted molar refractivity (Wildman–Crippen MR) is 46.0 cm³/mol. The van der Waals surface area contributed by atoms with E-state index in [4.69, 9.17) is 9.26 Å². The SMILES string of the molecule is Cc1cc(CCOC(C)C)no1. The lowest BCUT2D eigenvalue weighted by atomic mass is 10.3. The van der Waals surface area contributed by atoms with Gasteiger partial charge in [0.15, 0.2) is 0 Å². The fourth-order valence-corrected chi connectivity index (χ4v) is 0.935. The Morgan fingerprint density at radius 2 is 2.33 bits per heavy atom. The summed E-state index contributed by atoms with van der Waals surface area (Å²) in [6.45, 7) is 6.64. The van der Waals surface area contributed by atoms with Crippen molar-refractivity contribution in [3.05, 3.63) is 17.5 Å². The van der Waals surface area contributed by atoms with Gasteiger partial charge in [0, 0.05) is 12.5 Å². The first-order chi connectivity index (χ1) is 5.68. The molecule has 0 unspecified atom stereocenters. The summed E-state index contributed by atoms with van der Waals surface area (Å²) in [5, 5.41) is 3.86. The van der Waals surface area contributed by atoms with Crippen molar-refractivity contribution in [2.45, 2.75) is 33.3 Å². The quantitative estimate of drug-likeness (QED) is 0.691. The Hall–Kier alpha value is -0.830. The summed E-state index contributed by atoms with van der Waals surface area (Å²) in [4.78, 5) is 0. The van der Waals surface area contributed by atoms with E-state index >= 15 is 0 Å². The van der Waals surface area contributed by atoms with Gasteiger partial charge >= 0.3 is 0 Å². The second kappa shape index (κ2) is 4.26. The molecule has 3 nitrogen and oxygen atoms in total. The number of ether oxygens (including phenoxy) is 1. The highest BCUT2D eigenvalue weighted by Crippen LogP contribution is 2.02. The van der Waals surface area contributed by atoms with Crippen LogP contribution in [0, 0.1) is 6.92 Å². The van der Waals surface area contributed by atoms with E-state index < -0.39 is 0 Å². The van der Waals surface area contributed by atoms with E-state index in [-0.39, 0.29) is 6.10 Å². The van der Waals surface area contributed by atoms with Gasteiger partial charge in [-0.05, 0) is 20.8 Å². The van der Waals surface area contributed by atoms with Crippen LogP contribution in [0.5, 0.6) is 0 Å². The summed E-state index contributed by atoms with van der Waals surface area (Å²) in [7, 11) is 0. The Bertz CT molecular complexity index is 230. The van der Waals surface area contributed by atoms with E-state index in [1.165, 1.54) is 0 Å². The number of hydrogen-bond acceptors (Lipinski definition) is 3. The first kappa shape index (κ1) is 9.26. The third-order valence-electron chi connectivity index (χ3n) is 1.49. The average molecular weight is 169 g/mol. The molecule has 0 aliphatic rings. The summed E-state index contributed by atoms with van der Waals surface area (Å²) in [5.41, 5.74) is 0.966. The van der Waals surface area contributed by atoms with Gasteiger partial charge in [-0.3, -0.25) is 0 Å². The Labute approximate surface area is 72.7 Å². The molecular weight excluding hydrogens is 154 g/mol. The molecule has 0 radical (unpaired) electrons. The van der Waals surface area contributed by atoms with Gasteiger partial charge in [0.2, 0.25) is 0 Å². The largest absolute Gasteiger partial charge is 0.378 e. The van der Waals surface area contributed by atoms with Crippen LogP contribution < -0.4 is 0 Å². The van der Waals surface area contributed by atoms with Crippen LogP contribution in [-0.4, -0.2) is 17.9 Å². The van der Waals surface area contributed by atoms with Crippen LogP contribution in [0.15, 0.2) is 10.6 Å². The average Bonchev–Trinajstić information content (AvgIpc) is 2.35. The van der Waals surface area contributed by atoms with Crippen LogP contribution in [0.2, 0.25) is 0 Å². The lowest BCUT2D eigenvalue weighted by Gasteiger charge is -2.04. The summed E-state index contributed by atoms with van der Waals surface area (Å²) in [6.07, 6.45) is 1.12. The molecule has 0 atom stereocenters. The zero-order chi connectivity index (χ0) is 8.97. The van der Waals surface area contributed by atoms with Crippen LogP contribution in [-0.2, 0) is 11.2 Å². The van der Waals surface area contributed by atoms with E-state index in [1.807, 2.05) is 26.8 Å². The maximum atomic E-state index is 5.37. The molecule has 0 saturated heterocycles. The molecule has 0 aromatic carbocycles. The molecule has 1 rings (SSSR count). The minimum Gasteiger partial charge on any atom is -0.378 e. The molecule has 3 heteroatoms. The fourth-order valence-electron chi connectivity index (χ4n) is 0.935. The van der Waals surface area contributed by atoms with Crippen LogP contribution in [0.4, 0.5) is 0 Å². The zero-order valence-corrected chi connectivity index (χ0v) is 7.83. The molecule has 1 aromatic rings. The predicted octanol–water partition coefficient (Wildman–Crippen LogP) is 1.95. The minimum atomic E-state index is 0.290. The van der Waals surface area contributed by atoms with Crippen LogP contribution in [0.3, 0.4) is 0 Å². The first-order valence-electron chi connectivity index (χ1n) is 4.22. The monoisotopic (exact) mass is 169 g/mol. The van der Waals surface area contributed by atoms with Crippen molar-refractivity contribution in [3.63, 3.8) is 0 Å². The van der Waals surface area contributed by atoms with Crippen molar-refractivity contribution in [2.75, 3.05) is 6.61 Å². The smallest absolute Gasteiger partial charge is 0.133 e. The highest BCUT2D eigenvalue weighted by atomic mass is 16.5. The Balaban J connectivity index is 2.24. The molecule has 1 heterocycles. The molecule has 0 aliphatic carbocycles. The molecule has 12 heavy (non-hydrogen) atoms. The van der Waals surface area contributed by atoms with Crippen molar-refractivity contribution >= 4 is 0 Å². The highest BCUT2D eigenvalue weighted by molar-refractivity contribution is 5.03. The Morgan fingerprint density at radius 3 is 2.83 bits per heavy atom. The van der Waals surface area contributed by atoms with Gasteiger partial charge in [0.25, 0.3) is 0 Å². The Kier molecular flexibility index (Phi) is 3.29. The van der Waals surface area contributed by atoms with E-state index in [1.54, 1.807) is 0 Å². The molecule has 0 spiro atoms. The molecule has 0 saturated carbocycles. The lowest BCUT2D eigenvalue weighted by molar-refractivity contribution is 0.0805. The second-order valence-corrected chi connectivity index (χ2v) is 3.10. The molecule has 68 valence electrons. The molecule has 0 fully saturated rings. The first-order valence-corrected chi connectivity index (χ1v) is 4.22. The van der Waals surface area contributed by atoms with Crippen molar-refractivity contribution < 1.29 is 9.26 Å². The van der Waals surface area contributed by atoms with Gasteiger partial charge in [0.1, 0.15) is 5.76 Å². The van der Waals surface area contributed by atoms with Gasteiger partial charge < -0.3 is 9.26 Å². The number of aromatic nitrogens is 1. The highest BCUT2D eigenvalue weighted by Gasteiger charge is 2.00. The summed E-state index contributed by atoms with van der Waals surface area (Å²) in [5.74, 6) is 0.856. The molecule has 0 aliphatic heterocycles. The van der Waals surface area contributed by atoms with Crippen LogP contribution in [0.25, 0.3) is 0 Å². The Morgan fingerprint density at radius 1 is 1.58 bits per heavy atom. The standard InChI is InChI=1S/C9H15NO2/c1-7(2)11-5-4-9-6-8(3)12-10-9/h6-7H,4-5H2,1-3H3. The normalized spacial score (nSPS) is 11.0. The molecule has 0 N–H and O–H groups in total. The van der Waals surface area contributed by atoms with Crippen molar-refractivity contribution in [1.82, 2.24) is 5.16 Å². The van der Waals surface area contributed by atoms with Gasteiger partial charge in [-0.25, -0.2) is 0 Å². The number of hydrogen-bond donors (Lipinski definition) is 0. The maximum Gasteiger partial charge on any atom is 0.133 e. The van der Waals surface area contributed by atoms with Gasteiger partial charge in [-0.15, -0.1) is 0 Å². The van der Waals surface area contributed by atoms with Crippen LogP contribution >= 0.6 is 0 Å². The summed E-state index contributed by atoms with van der Waals surface area (Å²) in [6, 6.07) is 1.93. The third-order valence-corrected chi connectivity index (χ3v) is 1.49. The molecular formula is C9H15NO2.